The first-order valence-electron chi connectivity index (χ1n) is 5.12. The highest BCUT2D eigenvalue weighted by Gasteiger charge is 2.06. The quantitative estimate of drug-likeness (QED) is 0.596. The van der Waals surface area contributed by atoms with Crippen LogP contribution in [0.1, 0.15) is 5.56 Å². The number of nitrogens with zero attached hydrogens (tertiary/aromatic N) is 2. The summed E-state index contributed by atoms with van der Waals surface area (Å²) >= 11 is 9.32. The number of nitrogen functional groups attached to an aromatic ring is 1. The maximum Gasteiger partial charge on any atom is 0.239 e. The zero-order valence-corrected chi connectivity index (χ0v) is 11.9. The van der Waals surface area contributed by atoms with E-state index in [2.05, 4.69) is 36.6 Å². The second-order valence-electron chi connectivity index (χ2n) is 3.62. The minimum absolute atomic E-state index is 0.355. The van der Waals surface area contributed by atoms with E-state index >= 15 is 0 Å². The third kappa shape index (κ3) is 2.90. The van der Waals surface area contributed by atoms with Crippen LogP contribution < -0.4 is 16.6 Å². The van der Waals surface area contributed by atoms with Gasteiger partial charge in [-0.05, 0) is 41.1 Å². The van der Waals surface area contributed by atoms with Crippen molar-refractivity contribution in [1.29, 1.82) is 0 Å². The Labute approximate surface area is 118 Å². The minimum Gasteiger partial charge on any atom is -0.339 e. The Morgan fingerprint density at radius 1 is 1.39 bits per heavy atom. The van der Waals surface area contributed by atoms with Crippen molar-refractivity contribution in [2.75, 3.05) is 10.7 Å². The number of rotatable bonds is 3. The van der Waals surface area contributed by atoms with E-state index in [1.165, 1.54) is 0 Å². The third-order valence-corrected chi connectivity index (χ3v) is 3.18. The SMILES string of the molecule is Cc1cnc(NN)nc1Nc1ccc(Cl)cc1Br. The normalized spacial score (nSPS) is 10.2. The van der Waals surface area contributed by atoms with Gasteiger partial charge < -0.3 is 5.32 Å². The fourth-order valence-corrected chi connectivity index (χ4v) is 2.14. The summed E-state index contributed by atoms with van der Waals surface area (Å²) in [6.45, 7) is 1.91. The van der Waals surface area contributed by atoms with Gasteiger partial charge in [-0.1, -0.05) is 11.6 Å². The van der Waals surface area contributed by atoms with Crippen molar-refractivity contribution in [3.8, 4) is 0 Å². The van der Waals surface area contributed by atoms with Gasteiger partial charge in [-0.2, -0.15) is 4.98 Å². The predicted molar refractivity (Wildman–Crippen MR) is 77.0 cm³/mol. The van der Waals surface area contributed by atoms with E-state index in [1.54, 1.807) is 12.3 Å². The zero-order valence-electron chi connectivity index (χ0n) is 9.54. The molecule has 0 amide bonds. The van der Waals surface area contributed by atoms with E-state index in [4.69, 9.17) is 17.4 Å². The van der Waals surface area contributed by atoms with Crippen LogP contribution in [0.5, 0.6) is 0 Å². The monoisotopic (exact) mass is 327 g/mol. The van der Waals surface area contributed by atoms with Gasteiger partial charge in [0, 0.05) is 21.3 Å². The lowest BCUT2D eigenvalue weighted by Crippen LogP contribution is -2.11. The number of anilines is 3. The largest absolute Gasteiger partial charge is 0.339 e. The van der Waals surface area contributed by atoms with E-state index in [1.807, 2.05) is 19.1 Å². The van der Waals surface area contributed by atoms with Gasteiger partial charge >= 0.3 is 0 Å². The summed E-state index contributed by atoms with van der Waals surface area (Å²) in [6, 6.07) is 5.47. The number of hydrogen-bond acceptors (Lipinski definition) is 5. The Balaban J connectivity index is 2.33. The molecule has 0 radical (unpaired) electrons. The Kier molecular flexibility index (Phi) is 4.00. The molecule has 0 unspecified atom stereocenters. The van der Waals surface area contributed by atoms with E-state index in [0.717, 1.165) is 15.7 Å². The number of nitrogens with two attached hydrogens (primary N) is 1. The van der Waals surface area contributed by atoms with Crippen LogP contribution in [0.4, 0.5) is 17.5 Å². The molecule has 1 aromatic heterocycles. The second kappa shape index (κ2) is 5.51. The van der Waals surface area contributed by atoms with Crippen molar-refractivity contribution in [2.45, 2.75) is 6.92 Å². The van der Waals surface area contributed by atoms with Crippen molar-refractivity contribution < 1.29 is 0 Å². The van der Waals surface area contributed by atoms with Crippen molar-refractivity contribution in [3.05, 3.63) is 39.5 Å². The van der Waals surface area contributed by atoms with Crippen molar-refractivity contribution in [3.63, 3.8) is 0 Å². The first-order chi connectivity index (χ1) is 8.60. The fourth-order valence-electron chi connectivity index (χ4n) is 1.36. The maximum absolute atomic E-state index is 5.89. The molecule has 5 nitrogen and oxygen atoms in total. The molecular weight excluding hydrogens is 318 g/mol. The van der Waals surface area contributed by atoms with Crippen LogP contribution >= 0.6 is 27.5 Å². The first kappa shape index (κ1) is 13.1. The van der Waals surface area contributed by atoms with Crippen molar-refractivity contribution in [2.24, 2.45) is 5.84 Å². The van der Waals surface area contributed by atoms with Crippen LogP contribution in [0.15, 0.2) is 28.9 Å². The molecule has 0 aliphatic carbocycles. The van der Waals surface area contributed by atoms with Gasteiger partial charge in [-0.25, -0.2) is 10.8 Å². The number of halogens is 2. The summed E-state index contributed by atoms with van der Waals surface area (Å²) in [5.74, 6) is 6.32. The van der Waals surface area contributed by atoms with Gasteiger partial charge in [0.25, 0.3) is 0 Å². The molecular formula is C11H11BrClN5. The summed E-state index contributed by atoms with van der Waals surface area (Å²) in [6.07, 6.45) is 1.69. The van der Waals surface area contributed by atoms with Gasteiger partial charge in [0.05, 0.1) is 5.69 Å². The highest BCUT2D eigenvalue weighted by atomic mass is 79.9. The van der Waals surface area contributed by atoms with Gasteiger partial charge in [0.15, 0.2) is 0 Å². The van der Waals surface area contributed by atoms with Gasteiger partial charge in [-0.3, -0.25) is 5.43 Å². The molecule has 0 aliphatic rings. The number of hydrazine groups is 1. The molecule has 7 heteroatoms. The first-order valence-corrected chi connectivity index (χ1v) is 6.29. The smallest absolute Gasteiger partial charge is 0.239 e. The average molecular weight is 329 g/mol. The van der Waals surface area contributed by atoms with Crippen molar-refractivity contribution in [1.82, 2.24) is 9.97 Å². The number of nitrogens with one attached hydrogen (secondary N) is 2. The molecule has 0 bridgehead atoms. The highest BCUT2D eigenvalue weighted by Crippen LogP contribution is 2.29. The number of hydrogen-bond donors (Lipinski definition) is 3. The lowest BCUT2D eigenvalue weighted by atomic mass is 10.3. The summed E-state index contributed by atoms with van der Waals surface area (Å²) in [5, 5.41) is 3.85. The molecule has 0 atom stereocenters. The van der Waals surface area contributed by atoms with E-state index in [0.29, 0.717) is 16.8 Å². The lowest BCUT2D eigenvalue weighted by Gasteiger charge is -2.11. The Hall–Kier alpha value is -1.37. The molecule has 0 aliphatic heterocycles. The molecule has 4 N–H and O–H groups in total. The van der Waals surface area contributed by atoms with Crippen LogP contribution in [-0.4, -0.2) is 9.97 Å². The van der Waals surface area contributed by atoms with Crippen LogP contribution in [0.3, 0.4) is 0 Å². The molecule has 0 saturated carbocycles. The summed E-state index contributed by atoms with van der Waals surface area (Å²) in [7, 11) is 0. The topological polar surface area (TPSA) is 75.9 Å². The van der Waals surface area contributed by atoms with Crippen molar-refractivity contribution >= 4 is 45.0 Å². The Morgan fingerprint density at radius 3 is 2.83 bits per heavy atom. The van der Waals surface area contributed by atoms with E-state index < -0.39 is 0 Å². The van der Waals surface area contributed by atoms with Crippen LogP contribution in [0.2, 0.25) is 5.02 Å². The molecule has 0 fully saturated rings. The van der Waals surface area contributed by atoms with Gasteiger partial charge in [-0.15, -0.1) is 0 Å². The Bertz CT molecular complexity index is 575. The van der Waals surface area contributed by atoms with Gasteiger partial charge in [0.1, 0.15) is 5.82 Å². The lowest BCUT2D eigenvalue weighted by molar-refractivity contribution is 1.09. The second-order valence-corrected chi connectivity index (χ2v) is 4.91. The average Bonchev–Trinajstić information content (AvgIpc) is 2.35. The number of aromatic nitrogens is 2. The highest BCUT2D eigenvalue weighted by molar-refractivity contribution is 9.10. The van der Waals surface area contributed by atoms with Crippen LogP contribution in [0, 0.1) is 6.92 Å². The summed E-state index contributed by atoms with van der Waals surface area (Å²) < 4.78 is 0.857. The third-order valence-electron chi connectivity index (χ3n) is 2.29. The standard InChI is InChI=1S/C11H11BrClN5/c1-6-5-15-11(18-14)17-10(6)16-9-3-2-7(13)4-8(9)12/h2-5H,14H2,1H3,(H2,15,16,17,18). The van der Waals surface area contributed by atoms with E-state index in [9.17, 15) is 0 Å². The molecule has 1 heterocycles. The zero-order chi connectivity index (χ0) is 13.1. The molecule has 0 saturated heterocycles. The Morgan fingerprint density at radius 2 is 2.17 bits per heavy atom. The molecule has 1 aromatic carbocycles. The number of benzene rings is 1. The molecule has 2 aromatic rings. The van der Waals surface area contributed by atoms with Crippen LogP contribution in [-0.2, 0) is 0 Å². The summed E-state index contributed by atoms with van der Waals surface area (Å²) in [4.78, 5) is 8.25. The van der Waals surface area contributed by atoms with Crippen LogP contribution in [0.25, 0.3) is 0 Å². The minimum atomic E-state index is 0.355. The molecule has 18 heavy (non-hydrogen) atoms. The molecule has 94 valence electrons. The summed E-state index contributed by atoms with van der Waals surface area (Å²) in [5.41, 5.74) is 4.19. The van der Waals surface area contributed by atoms with Gasteiger partial charge in [0.2, 0.25) is 5.95 Å². The van der Waals surface area contributed by atoms with E-state index in [-0.39, 0.29) is 0 Å². The fraction of sp³-hybridized carbons (Fsp3) is 0.0909. The molecule has 0 spiro atoms. The number of aryl methyl sites for hydroxylation is 1. The predicted octanol–water partition coefficient (Wildman–Crippen LogP) is 3.23. The maximum atomic E-state index is 5.89. The molecule has 2 rings (SSSR count).